The number of benzene rings is 1. The van der Waals surface area contributed by atoms with Crippen LogP contribution in [0, 0.1) is 5.82 Å². The van der Waals surface area contributed by atoms with Gasteiger partial charge in [-0.3, -0.25) is 0 Å². The van der Waals surface area contributed by atoms with Crippen molar-refractivity contribution in [2.75, 3.05) is 0 Å². The Hall–Kier alpha value is -2.17. The second kappa shape index (κ2) is 4.37. The summed E-state index contributed by atoms with van der Waals surface area (Å²) in [7, 11) is 0. The van der Waals surface area contributed by atoms with Gasteiger partial charge in [-0.05, 0) is 30.7 Å². The van der Waals surface area contributed by atoms with E-state index in [1.807, 2.05) is 6.92 Å². The first-order valence-electron chi connectivity index (χ1n) is 5.19. The fourth-order valence-electron chi connectivity index (χ4n) is 1.58. The average Bonchev–Trinajstić information content (AvgIpc) is 2.74. The quantitative estimate of drug-likeness (QED) is 0.886. The molecule has 2 rings (SSSR count). The normalized spacial score (nSPS) is 10.5. The van der Waals surface area contributed by atoms with Gasteiger partial charge in [0.25, 0.3) is 0 Å². The summed E-state index contributed by atoms with van der Waals surface area (Å²) in [6.07, 6.45) is 1.98. The second-order valence-corrected chi connectivity index (χ2v) is 3.57. The number of aromatic nitrogens is 2. The maximum atomic E-state index is 12.8. The van der Waals surface area contributed by atoms with Crippen molar-refractivity contribution in [2.24, 2.45) is 0 Å². The lowest BCUT2D eigenvalue weighted by Crippen LogP contribution is -1.98. The van der Waals surface area contributed by atoms with Gasteiger partial charge in [0, 0.05) is 6.20 Å². The maximum absolute atomic E-state index is 12.8. The molecule has 0 atom stereocenters. The molecule has 0 fully saturated rings. The molecule has 0 bridgehead atoms. The number of hydrogen-bond acceptors (Lipinski definition) is 2. The van der Waals surface area contributed by atoms with Crippen molar-refractivity contribution < 1.29 is 14.3 Å². The number of carboxylic acids is 1. The number of hydrogen-bond donors (Lipinski definition) is 1. The molecular formula is C12H11FN2O2. The van der Waals surface area contributed by atoms with E-state index < -0.39 is 5.97 Å². The summed E-state index contributed by atoms with van der Waals surface area (Å²) in [5.41, 5.74) is 1.33. The summed E-state index contributed by atoms with van der Waals surface area (Å²) in [6.45, 7) is 1.84. The standard InChI is InChI=1S/C12H11FN2O2/c1-2-11-10(12(16)17)7-15(14-11)9-5-3-8(13)4-6-9/h3-7H,2H2,1H3,(H,16,17). The van der Waals surface area contributed by atoms with Gasteiger partial charge in [-0.1, -0.05) is 6.92 Å². The number of carbonyl (C=O) groups is 1. The van der Waals surface area contributed by atoms with E-state index >= 15 is 0 Å². The van der Waals surface area contributed by atoms with Gasteiger partial charge in [0.15, 0.2) is 0 Å². The van der Waals surface area contributed by atoms with E-state index in [9.17, 15) is 9.18 Å². The molecule has 1 N–H and O–H groups in total. The predicted molar refractivity (Wildman–Crippen MR) is 59.9 cm³/mol. The third-order valence-corrected chi connectivity index (χ3v) is 2.45. The summed E-state index contributed by atoms with van der Waals surface area (Å²) >= 11 is 0. The molecule has 88 valence electrons. The number of halogens is 1. The van der Waals surface area contributed by atoms with E-state index in [0.29, 0.717) is 17.8 Å². The van der Waals surface area contributed by atoms with Crippen LogP contribution in [-0.4, -0.2) is 20.9 Å². The Balaban J connectivity index is 2.46. The van der Waals surface area contributed by atoms with Crippen molar-refractivity contribution in [1.82, 2.24) is 9.78 Å². The van der Waals surface area contributed by atoms with Crippen molar-refractivity contribution in [1.29, 1.82) is 0 Å². The molecule has 4 nitrogen and oxygen atoms in total. The Morgan fingerprint density at radius 2 is 2.06 bits per heavy atom. The third kappa shape index (κ3) is 2.18. The number of rotatable bonds is 3. The van der Waals surface area contributed by atoms with Gasteiger partial charge in [-0.15, -0.1) is 0 Å². The van der Waals surface area contributed by atoms with Gasteiger partial charge >= 0.3 is 5.97 Å². The van der Waals surface area contributed by atoms with Gasteiger partial charge in [0.2, 0.25) is 0 Å². The fraction of sp³-hybridized carbons (Fsp3) is 0.167. The van der Waals surface area contributed by atoms with Gasteiger partial charge in [0.05, 0.1) is 11.4 Å². The molecule has 0 saturated carbocycles. The molecule has 0 amide bonds. The maximum Gasteiger partial charge on any atom is 0.339 e. The Morgan fingerprint density at radius 3 is 2.53 bits per heavy atom. The smallest absolute Gasteiger partial charge is 0.339 e. The van der Waals surface area contributed by atoms with Crippen molar-refractivity contribution in [3.8, 4) is 5.69 Å². The zero-order valence-electron chi connectivity index (χ0n) is 9.22. The molecular weight excluding hydrogens is 223 g/mol. The minimum atomic E-state index is -1.00. The molecule has 2 aromatic rings. The zero-order chi connectivity index (χ0) is 12.4. The topological polar surface area (TPSA) is 55.1 Å². The molecule has 1 aromatic heterocycles. The Bertz CT molecular complexity index is 546. The minimum Gasteiger partial charge on any atom is -0.478 e. The van der Waals surface area contributed by atoms with Crippen molar-refractivity contribution >= 4 is 5.97 Å². The second-order valence-electron chi connectivity index (χ2n) is 3.57. The van der Waals surface area contributed by atoms with Crippen LogP contribution in [-0.2, 0) is 6.42 Å². The average molecular weight is 234 g/mol. The molecule has 0 aliphatic rings. The summed E-state index contributed by atoms with van der Waals surface area (Å²) in [5, 5.41) is 13.2. The first-order chi connectivity index (χ1) is 8.11. The monoisotopic (exact) mass is 234 g/mol. The number of carboxylic acid groups (broad SMARTS) is 1. The Kier molecular flexibility index (Phi) is 2.91. The summed E-state index contributed by atoms with van der Waals surface area (Å²) in [4.78, 5) is 11.0. The van der Waals surface area contributed by atoms with E-state index in [-0.39, 0.29) is 11.4 Å². The lowest BCUT2D eigenvalue weighted by Gasteiger charge is -1.99. The van der Waals surface area contributed by atoms with Crippen LogP contribution < -0.4 is 0 Å². The van der Waals surface area contributed by atoms with Gasteiger partial charge in [0.1, 0.15) is 11.4 Å². The number of aromatic carboxylic acids is 1. The molecule has 1 aromatic carbocycles. The lowest BCUT2D eigenvalue weighted by atomic mass is 10.2. The van der Waals surface area contributed by atoms with Gasteiger partial charge in [-0.25, -0.2) is 13.9 Å². The van der Waals surface area contributed by atoms with Crippen LogP contribution in [0.1, 0.15) is 23.0 Å². The summed E-state index contributed by atoms with van der Waals surface area (Å²) in [5.74, 6) is -1.34. The molecule has 0 unspecified atom stereocenters. The molecule has 0 aliphatic carbocycles. The van der Waals surface area contributed by atoms with E-state index in [1.54, 1.807) is 12.1 Å². The molecule has 0 spiro atoms. The highest BCUT2D eigenvalue weighted by molar-refractivity contribution is 5.88. The van der Waals surface area contributed by atoms with Crippen LogP contribution in [0.4, 0.5) is 4.39 Å². The van der Waals surface area contributed by atoms with Crippen LogP contribution in [0.25, 0.3) is 5.69 Å². The van der Waals surface area contributed by atoms with Crippen LogP contribution in [0.15, 0.2) is 30.5 Å². The molecule has 17 heavy (non-hydrogen) atoms. The van der Waals surface area contributed by atoms with Gasteiger partial charge in [-0.2, -0.15) is 5.10 Å². The molecule has 0 aliphatic heterocycles. The highest BCUT2D eigenvalue weighted by Gasteiger charge is 2.14. The van der Waals surface area contributed by atoms with Gasteiger partial charge < -0.3 is 5.11 Å². The highest BCUT2D eigenvalue weighted by atomic mass is 19.1. The molecule has 0 saturated heterocycles. The van der Waals surface area contributed by atoms with E-state index in [2.05, 4.69) is 5.10 Å². The van der Waals surface area contributed by atoms with Crippen LogP contribution >= 0.6 is 0 Å². The molecule has 5 heteroatoms. The fourth-order valence-corrected chi connectivity index (χ4v) is 1.58. The van der Waals surface area contributed by atoms with Crippen LogP contribution in [0.2, 0.25) is 0 Å². The van der Waals surface area contributed by atoms with Crippen LogP contribution in [0.3, 0.4) is 0 Å². The highest BCUT2D eigenvalue weighted by Crippen LogP contribution is 2.13. The number of aryl methyl sites for hydroxylation is 1. The van der Waals surface area contributed by atoms with Crippen molar-refractivity contribution in [2.45, 2.75) is 13.3 Å². The SMILES string of the molecule is CCc1nn(-c2ccc(F)cc2)cc1C(=O)O. The van der Waals surface area contributed by atoms with Crippen molar-refractivity contribution in [3.05, 3.63) is 47.5 Å². The summed E-state index contributed by atoms with van der Waals surface area (Å²) in [6, 6.07) is 5.72. The van der Waals surface area contributed by atoms with E-state index in [0.717, 1.165) is 0 Å². The first kappa shape index (κ1) is 11.3. The third-order valence-electron chi connectivity index (χ3n) is 2.45. The Morgan fingerprint density at radius 1 is 1.41 bits per heavy atom. The van der Waals surface area contributed by atoms with Crippen molar-refractivity contribution in [3.63, 3.8) is 0 Å². The molecule has 0 radical (unpaired) electrons. The van der Waals surface area contributed by atoms with E-state index in [1.165, 1.54) is 23.0 Å². The Labute approximate surface area is 97.3 Å². The lowest BCUT2D eigenvalue weighted by molar-refractivity contribution is 0.0695. The largest absolute Gasteiger partial charge is 0.478 e. The van der Waals surface area contributed by atoms with Crippen LogP contribution in [0.5, 0.6) is 0 Å². The first-order valence-corrected chi connectivity index (χ1v) is 5.19. The minimum absolute atomic E-state index is 0.178. The summed E-state index contributed by atoms with van der Waals surface area (Å²) < 4.78 is 14.2. The predicted octanol–water partition coefficient (Wildman–Crippen LogP) is 2.27. The molecule has 1 heterocycles. The number of nitrogens with zero attached hydrogens (tertiary/aromatic N) is 2. The van der Waals surface area contributed by atoms with E-state index in [4.69, 9.17) is 5.11 Å². The zero-order valence-corrected chi connectivity index (χ0v) is 9.22.